The smallest absolute Gasteiger partial charge is 0.264 e. The standard InChI is InChI=1S/C32H41N3O5S/c1-7-30(32(37)33-20-23(2)3)34(21-26-12-11-13-28(19-26)40-6)31(36)22-35(27-17-24(4)16-25(5)18-27)41(38,39)29-14-9-8-10-15-29/h8-19,23,30H,7,20-22H2,1-6H3,(H,33,37)/t30-/m1/s1. The maximum atomic E-state index is 14.2. The normalized spacial score (nSPS) is 12.1. The first-order valence-electron chi connectivity index (χ1n) is 13.8. The van der Waals surface area contributed by atoms with Crippen molar-refractivity contribution in [2.45, 2.75) is 58.5 Å². The fourth-order valence-corrected chi connectivity index (χ4v) is 6.07. The molecule has 0 bridgehead atoms. The average molecular weight is 580 g/mol. The maximum absolute atomic E-state index is 14.2. The molecule has 0 aliphatic heterocycles. The molecule has 3 aromatic rings. The highest BCUT2D eigenvalue weighted by molar-refractivity contribution is 7.92. The minimum atomic E-state index is -4.11. The SMILES string of the molecule is CC[C@H](C(=O)NCC(C)C)N(Cc1cccc(OC)c1)C(=O)CN(c1cc(C)cc(C)c1)S(=O)(=O)c1ccccc1. The van der Waals surface area contributed by atoms with Gasteiger partial charge >= 0.3 is 0 Å². The second-order valence-electron chi connectivity index (χ2n) is 10.6. The number of aryl methyl sites for hydroxylation is 2. The summed E-state index contributed by atoms with van der Waals surface area (Å²) in [5.74, 6) is 0.0881. The first kappa shape index (κ1) is 31.7. The van der Waals surface area contributed by atoms with Crippen LogP contribution in [0.2, 0.25) is 0 Å². The number of benzene rings is 3. The molecule has 3 aromatic carbocycles. The molecule has 220 valence electrons. The molecule has 2 amide bonds. The summed E-state index contributed by atoms with van der Waals surface area (Å²) in [6.07, 6.45) is 0.356. The fourth-order valence-electron chi connectivity index (χ4n) is 4.65. The van der Waals surface area contributed by atoms with Gasteiger partial charge in [-0.15, -0.1) is 0 Å². The molecule has 8 nitrogen and oxygen atoms in total. The first-order valence-corrected chi connectivity index (χ1v) is 15.3. The van der Waals surface area contributed by atoms with Gasteiger partial charge in [-0.05, 0) is 79.3 Å². The number of methoxy groups -OCH3 is 1. The van der Waals surface area contributed by atoms with Crippen LogP contribution in [0.5, 0.6) is 5.75 Å². The van der Waals surface area contributed by atoms with Crippen molar-refractivity contribution in [1.29, 1.82) is 0 Å². The van der Waals surface area contributed by atoms with Crippen LogP contribution in [0, 0.1) is 19.8 Å². The summed E-state index contributed by atoms with van der Waals surface area (Å²) in [4.78, 5) is 29.1. The quantitative estimate of drug-likeness (QED) is 0.305. The van der Waals surface area contributed by atoms with Gasteiger partial charge in [-0.3, -0.25) is 13.9 Å². The Balaban J connectivity index is 2.08. The van der Waals surface area contributed by atoms with E-state index in [2.05, 4.69) is 5.32 Å². The van der Waals surface area contributed by atoms with Gasteiger partial charge in [0.15, 0.2) is 0 Å². The van der Waals surface area contributed by atoms with E-state index in [1.165, 1.54) is 17.0 Å². The lowest BCUT2D eigenvalue weighted by atomic mass is 10.1. The van der Waals surface area contributed by atoms with Crippen molar-refractivity contribution in [2.24, 2.45) is 5.92 Å². The molecule has 0 aliphatic carbocycles. The molecule has 1 atom stereocenters. The van der Waals surface area contributed by atoms with Crippen molar-refractivity contribution in [3.8, 4) is 5.75 Å². The van der Waals surface area contributed by atoms with E-state index < -0.39 is 28.5 Å². The zero-order chi connectivity index (χ0) is 30.2. The topological polar surface area (TPSA) is 96.0 Å². The largest absolute Gasteiger partial charge is 0.497 e. The van der Waals surface area contributed by atoms with Crippen LogP contribution in [0.25, 0.3) is 0 Å². The molecule has 0 aliphatic rings. The molecule has 9 heteroatoms. The zero-order valence-corrected chi connectivity index (χ0v) is 25.6. The lowest BCUT2D eigenvalue weighted by Gasteiger charge is -2.33. The Morgan fingerprint density at radius 3 is 2.17 bits per heavy atom. The lowest BCUT2D eigenvalue weighted by molar-refractivity contribution is -0.140. The number of nitrogens with one attached hydrogen (secondary N) is 1. The van der Waals surface area contributed by atoms with Crippen LogP contribution in [0.15, 0.2) is 77.7 Å². The Bertz CT molecular complexity index is 1420. The van der Waals surface area contributed by atoms with Gasteiger partial charge in [-0.2, -0.15) is 0 Å². The predicted octanol–water partition coefficient (Wildman–Crippen LogP) is 5.09. The van der Waals surface area contributed by atoms with Crippen LogP contribution in [0.4, 0.5) is 5.69 Å². The van der Waals surface area contributed by atoms with E-state index in [0.717, 1.165) is 21.0 Å². The van der Waals surface area contributed by atoms with Crippen LogP contribution < -0.4 is 14.4 Å². The van der Waals surface area contributed by atoms with Crippen LogP contribution in [-0.4, -0.2) is 51.4 Å². The van der Waals surface area contributed by atoms with Crippen molar-refractivity contribution in [2.75, 3.05) is 24.5 Å². The minimum Gasteiger partial charge on any atom is -0.497 e. The zero-order valence-electron chi connectivity index (χ0n) is 24.8. The molecule has 0 saturated carbocycles. The molecule has 0 unspecified atom stereocenters. The number of carbonyl (C=O) groups excluding carboxylic acids is 2. The van der Waals surface area contributed by atoms with E-state index in [-0.39, 0.29) is 23.3 Å². The number of ether oxygens (including phenoxy) is 1. The van der Waals surface area contributed by atoms with Gasteiger partial charge in [0.05, 0.1) is 17.7 Å². The number of carbonyl (C=O) groups is 2. The monoisotopic (exact) mass is 579 g/mol. The highest BCUT2D eigenvalue weighted by Gasteiger charge is 2.33. The highest BCUT2D eigenvalue weighted by Crippen LogP contribution is 2.27. The van der Waals surface area contributed by atoms with Gasteiger partial charge in [0.25, 0.3) is 10.0 Å². The Labute approximate surface area is 244 Å². The molecular formula is C32H41N3O5S. The first-order chi connectivity index (χ1) is 19.5. The van der Waals surface area contributed by atoms with E-state index in [9.17, 15) is 18.0 Å². The molecular weight excluding hydrogens is 538 g/mol. The van der Waals surface area contributed by atoms with Crippen LogP contribution in [-0.2, 0) is 26.2 Å². The third-order valence-electron chi connectivity index (χ3n) is 6.66. The second kappa shape index (κ2) is 14.2. The molecule has 0 aromatic heterocycles. The number of rotatable bonds is 13. The molecule has 0 radical (unpaired) electrons. The van der Waals surface area contributed by atoms with E-state index in [1.807, 2.05) is 52.8 Å². The van der Waals surface area contributed by atoms with E-state index in [0.29, 0.717) is 24.4 Å². The summed E-state index contributed by atoms with van der Waals surface area (Å²) < 4.78 is 34.4. The number of hydrogen-bond acceptors (Lipinski definition) is 5. The molecule has 0 saturated heterocycles. The average Bonchev–Trinajstić information content (AvgIpc) is 2.94. The second-order valence-corrected chi connectivity index (χ2v) is 12.5. The van der Waals surface area contributed by atoms with Crippen LogP contribution in [0.1, 0.15) is 43.9 Å². The number of sulfonamides is 1. The molecule has 0 spiro atoms. The summed E-state index contributed by atoms with van der Waals surface area (Å²) in [5.41, 5.74) is 2.89. The van der Waals surface area contributed by atoms with Crippen molar-refractivity contribution in [3.05, 3.63) is 89.5 Å². The van der Waals surface area contributed by atoms with Gasteiger partial charge in [0.2, 0.25) is 11.8 Å². The third-order valence-corrected chi connectivity index (χ3v) is 8.45. The number of amides is 2. The van der Waals surface area contributed by atoms with Gasteiger partial charge < -0.3 is 15.0 Å². The van der Waals surface area contributed by atoms with Crippen molar-refractivity contribution < 1.29 is 22.7 Å². The number of nitrogens with zero attached hydrogens (tertiary/aromatic N) is 2. The summed E-state index contributed by atoms with van der Waals surface area (Å²) in [7, 11) is -2.55. The van der Waals surface area contributed by atoms with E-state index >= 15 is 0 Å². The van der Waals surface area contributed by atoms with Gasteiger partial charge in [0, 0.05) is 13.1 Å². The summed E-state index contributed by atoms with van der Waals surface area (Å²) in [6.45, 7) is 9.70. The van der Waals surface area contributed by atoms with Gasteiger partial charge in [-0.1, -0.05) is 57.2 Å². The van der Waals surface area contributed by atoms with Gasteiger partial charge in [0.1, 0.15) is 18.3 Å². The Hall–Kier alpha value is -3.85. The Morgan fingerprint density at radius 2 is 1.59 bits per heavy atom. The maximum Gasteiger partial charge on any atom is 0.264 e. The molecule has 41 heavy (non-hydrogen) atoms. The van der Waals surface area contributed by atoms with Gasteiger partial charge in [-0.25, -0.2) is 8.42 Å². The van der Waals surface area contributed by atoms with E-state index in [4.69, 9.17) is 4.74 Å². The van der Waals surface area contributed by atoms with Crippen molar-refractivity contribution in [3.63, 3.8) is 0 Å². The van der Waals surface area contributed by atoms with Crippen LogP contribution in [0.3, 0.4) is 0 Å². The fraction of sp³-hybridized carbons (Fsp3) is 0.375. The predicted molar refractivity (Wildman–Crippen MR) is 162 cm³/mol. The molecule has 0 heterocycles. The Morgan fingerprint density at radius 1 is 0.927 bits per heavy atom. The van der Waals surface area contributed by atoms with Crippen molar-refractivity contribution >= 4 is 27.5 Å². The lowest BCUT2D eigenvalue weighted by Crippen LogP contribution is -2.52. The summed E-state index contributed by atoms with van der Waals surface area (Å²) in [5, 5.41) is 2.94. The summed E-state index contributed by atoms with van der Waals surface area (Å²) >= 11 is 0. The third kappa shape index (κ3) is 8.33. The van der Waals surface area contributed by atoms with E-state index in [1.54, 1.807) is 49.6 Å². The molecule has 0 fully saturated rings. The number of anilines is 1. The summed E-state index contributed by atoms with van der Waals surface area (Å²) in [6, 6.07) is 20.0. The molecule has 3 rings (SSSR count). The van der Waals surface area contributed by atoms with Crippen molar-refractivity contribution in [1.82, 2.24) is 10.2 Å². The minimum absolute atomic E-state index is 0.0769. The molecule has 1 N–H and O–H groups in total. The highest BCUT2D eigenvalue weighted by atomic mass is 32.2. The Kier molecular flexibility index (Phi) is 10.9. The number of hydrogen-bond donors (Lipinski definition) is 1. The van der Waals surface area contributed by atoms with Crippen LogP contribution >= 0.6 is 0 Å².